The third-order valence-corrected chi connectivity index (χ3v) is 5.82. The highest BCUT2D eigenvalue weighted by Gasteiger charge is 2.27. The Morgan fingerprint density at radius 3 is 2.96 bits per heavy atom. The van der Waals surface area contributed by atoms with E-state index in [1.165, 1.54) is 29.5 Å². The van der Waals surface area contributed by atoms with Gasteiger partial charge < -0.3 is 4.42 Å². The SMILES string of the molecule is Cc1ccc([C@H]2CCCN2Cc2ncc(-c3cccs3)o2)cc1C. The molecule has 1 saturated heterocycles. The van der Waals surface area contributed by atoms with Gasteiger partial charge in [0.2, 0.25) is 5.89 Å². The van der Waals surface area contributed by atoms with Gasteiger partial charge >= 0.3 is 0 Å². The second-order valence-electron chi connectivity index (χ2n) is 6.57. The van der Waals surface area contributed by atoms with Crippen LogP contribution in [0.2, 0.25) is 0 Å². The van der Waals surface area contributed by atoms with Crippen molar-refractivity contribution in [1.29, 1.82) is 0 Å². The summed E-state index contributed by atoms with van der Waals surface area (Å²) in [5.74, 6) is 1.69. The molecule has 0 spiro atoms. The smallest absolute Gasteiger partial charge is 0.209 e. The summed E-state index contributed by atoms with van der Waals surface area (Å²) in [6.07, 6.45) is 4.29. The number of benzene rings is 1. The Morgan fingerprint density at radius 2 is 2.17 bits per heavy atom. The zero-order valence-electron chi connectivity index (χ0n) is 14.2. The number of oxazole rings is 1. The van der Waals surface area contributed by atoms with Crippen LogP contribution in [0.4, 0.5) is 0 Å². The highest BCUT2D eigenvalue weighted by Crippen LogP contribution is 2.34. The van der Waals surface area contributed by atoms with Crippen LogP contribution in [0.15, 0.2) is 46.3 Å². The maximum Gasteiger partial charge on any atom is 0.209 e. The first-order chi connectivity index (χ1) is 11.7. The van der Waals surface area contributed by atoms with Gasteiger partial charge in [0.05, 0.1) is 17.6 Å². The van der Waals surface area contributed by atoms with Crippen LogP contribution in [0.1, 0.15) is 41.5 Å². The Bertz CT molecular complexity index is 822. The number of nitrogens with zero attached hydrogens (tertiary/aromatic N) is 2. The molecule has 0 N–H and O–H groups in total. The van der Waals surface area contributed by atoms with Gasteiger partial charge in [-0.1, -0.05) is 24.3 Å². The average molecular weight is 338 g/mol. The second kappa shape index (κ2) is 6.54. The standard InChI is InChI=1S/C20H22N2OS/c1-14-7-8-16(11-15(14)2)17-5-3-9-22(17)13-20-21-12-18(23-20)19-6-4-10-24-19/h4,6-8,10-12,17H,3,5,9,13H2,1-2H3/t17-/m1/s1. The van der Waals surface area contributed by atoms with E-state index in [0.717, 1.165) is 29.6 Å². The minimum atomic E-state index is 0.474. The van der Waals surface area contributed by atoms with Crippen molar-refractivity contribution in [3.63, 3.8) is 0 Å². The summed E-state index contributed by atoms with van der Waals surface area (Å²) < 4.78 is 5.97. The lowest BCUT2D eigenvalue weighted by molar-refractivity contribution is 0.224. The summed E-state index contributed by atoms with van der Waals surface area (Å²) in [5.41, 5.74) is 4.15. The van der Waals surface area contributed by atoms with Gasteiger partial charge in [0.15, 0.2) is 5.76 Å². The molecule has 3 aromatic rings. The molecule has 0 bridgehead atoms. The number of aromatic nitrogens is 1. The first-order valence-electron chi connectivity index (χ1n) is 8.50. The molecule has 1 aromatic carbocycles. The normalized spacial score (nSPS) is 18.3. The molecule has 1 atom stereocenters. The molecule has 24 heavy (non-hydrogen) atoms. The molecular formula is C20H22N2OS. The topological polar surface area (TPSA) is 29.3 Å². The Labute approximate surface area is 147 Å². The van der Waals surface area contributed by atoms with E-state index in [1.54, 1.807) is 11.3 Å². The predicted molar refractivity (Wildman–Crippen MR) is 98.1 cm³/mol. The van der Waals surface area contributed by atoms with Gasteiger partial charge in [0.1, 0.15) is 0 Å². The fourth-order valence-electron chi connectivity index (χ4n) is 3.45. The summed E-state index contributed by atoms with van der Waals surface area (Å²) in [6.45, 7) is 6.25. The molecule has 1 aliphatic heterocycles. The first-order valence-corrected chi connectivity index (χ1v) is 9.38. The molecule has 0 amide bonds. The Morgan fingerprint density at radius 1 is 1.25 bits per heavy atom. The number of thiophene rings is 1. The van der Waals surface area contributed by atoms with E-state index in [2.05, 4.69) is 53.4 Å². The molecule has 4 heteroatoms. The van der Waals surface area contributed by atoms with Gasteiger partial charge in [-0.25, -0.2) is 4.98 Å². The van der Waals surface area contributed by atoms with E-state index in [0.29, 0.717) is 6.04 Å². The molecule has 1 aliphatic rings. The predicted octanol–water partition coefficient (Wildman–Crippen LogP) is 5.36. The van der Waals surface area contributed by atoms with E-state index in [1.807, 2.05) is 12.3 Å². The fraction of sp³-hybridized carbons (Fsp3) is 0.350. The quantitative estimate of drug-likeness (QED) is 0.641. The lowest BCUT2D eigenvalue weighted by atomic mass is 9.99. The van der Waals surface area contributed by atoms with Crippen molar-refractivity contribution in [3.05, 3.63) is 64.5 Å². The summed E-state index contributed by atoms with van der Waals surface area (Å²) in [6, 6.07) is 11.4. The summed E-state index contributed by atoms with van der Waals surface area (Å²) >= 11 is 1.69. The number of likely N-dealkylation sites (tertiary alicyclic amines) is 1. The van der Waals surface area contributed by atoms with Crippen LogP contribution in [0.25, 0.3) is 10.6 Å². The van der Waals surface area contributed by atoms with Crippen molar-refractivity contribution in [2.45, 2.75) is 39.3 Å². The molecular weight excluding hydrogens is 316 g/mol. The summed E-state index contributed by atoms with van der Waals surface area (Å²) in [7, 11) is 0. The van der Waals surface area contributed by atoms with Crippen molar-refractivity contribution < 1.29 is 4.42 Å². The minimum Gasteiger partial charge on any atom is -0.438 e. The highest BCUT2D eigenvalue weighted by atomic mass is 32.1. The molecule has 0 saturated carbocycles. The van der Waals surface area contributed by atoms with Crippen LogP contribution in [0, 0.1) is 13.8 Å². The largest absolute Gasteiger partial charge is 0.438 e. The van der Waals surface area contributed by atoms with Crippen LogP contribution in [-0.4, -0.2) is 16.4 Å². The van der Waals surface area contributed by atoms with Crippen LogP contribution in [-0.2, 0) is 6.54 Å². The second-order valence-corrected chi connectivity index (χ2v) is 7.52. The molecule has 1 fully saturated rings. The van der Waals surface area contributed by atoms with Gasteiger partial charge in [-0.3, -0.25) is 4.90 Å². The molecule has 4 rings (SSSR count). The minimum absolute atomic E-state index is 0.474. The number of rotatable bonds is 4. The molecule has 3 nitrogen and oxygen atoms in total. The van der Waals surface area contributed by atoms with E-state index in [4.69, 9.17) is 4.42 Å². The third kappa shape index (κ3) is 3.04. The summed E-state index contributed by atoms with van der Waals surface area (Å²) in [5, 5.41) is 2.06. The van der Waals surface area contributed by atoms with Gasteiger partial charge in [-0.15, -0.1) is 11.3 Å². The zero-order valence-corrected chi connectivity index (χ0v) is 15.0. The average Bonchev–Trinajstić information content (AvgIpc) is 3.31. The summed E-state index contributed by atoms with van der Waals surface area (Å²) in [4.78, 5) is 8.13. The molecule has 2 aromatic heterocycles. The van der Waals surface area contributed by atoms with Crippen molar-refractivity contribution in [2.24, 2.45) is 0 Å². The monoisotopic (exact) mass is 338 g/mol. The van der Waals surface area contributed by atoms with Crippen LogP contribution in [0.3, 0.4) is 0 Å². The van der Waals surface area contributed by atoms with Crippen molar-refractivity contribution in [2.75, 3.05) is 6.54 Å². The van der Waals surface area contributed by atoms with E-state index in [9.17, 15) is 0 Å². The Kier molecular flexibility index (Phi) is 4.25. The lowest BCUT2D eigenvalue weighted by Crippen LogP contribution is -2.23. The van der Waals surface area contributed by atoms with Crippen molar-refractivity contribution in [3.8, 4) is 10.6 Å². The van der Waals surface area contributed by atoms with Crippen molar-refractivity contribution >= 4 is 11.3 Å². The highest BCUT2D eigenvalue weighted by molar-refractivity contribution is 7.13. The van der Waals surface area contributed by atoms with Gasteiger partial charge in [0, 0.05) is 6.04 Å². The van der Waals surface area contributed by atoms with Crippen LogP contribution >= 0.6 is 11.3 Å². The number of aryl methyl sites for hydroxylation is 2. The van der Waals surface area contributed by atoms with E-state index < -0.39 is 0 Å². The third-order valence-electron chi connectivity index (χ3n) is 4.94. The van der Waals surface area contributed by atoms with E-state index >= 15 is 0 Å². The van der Waals surface area contributed by atoms with Crippen LogP contribution in [0.5, 0.6) is 0 Å². The maximum absolute atomic E-state index is 5.97. The fourth-order valence-corrected chi connectivity index (χ4v) is 4.13. The molecule has 0 aliphatic carbocycles. The Hall–Kier alpha value is -1.91. The van der Waals surface area contributed by atoms with Crippen LogP contribution < -0.4 is 0 Å². The van der Waals surface area contributed by atoms with Crippen molar-refractivity contribution in [1.82, 2.24) is 9.88 Å². The Balaban J connectivity index is 1.52. The number of hydrogen-bond donors (Lipinski definition) is 0. The van der Waals surface area contributed by atoms with Gasteiger partial charge in [-0.05, 0) is 61.4 Å². The molecule has 3 heterocycles. The molecule has 0 radical (unpaired) electrons. The first kappa shape index (κ1) is 15.6. The van der Waals surface area contributed by atoms with E-state index in [-0.39, 0.29) is 0 Å². The number of hydrogen-bond acceptors (Lipinski definition) is 4. The zero-order chi connectivity index (χ0) is 16.5. The molecule has 124 valence electrons. The van der Waals surface area contributed by atoms with Gasteiger partial charge in [0.25, 0.3) is 0 Å². The molecule has 0 unspecified atom stereocenters. The lowest BCUT2D eigenvalue weighted by Gasteiger charge is -2.24. The maximum atomic E-state index is 5.97. The van der Waals surface area contributed by atoms with Gasteiger partial charge in [-0.2, -0.15) is 0 Å².